The first-order chi connectivity index (χ1) is 6.17. The third kappa shape index (κ3) is 5.92. The fourth-order valence-electron chi connectivity index (χ4n) is 0.865. The van der Waals surface area contributed by atoms with Gasteiger partial charge in [-0.25, -0.2) is 0 Å². The van der Waals surface area contributed by atoms with Crippen molar-refractivity contribution in [2.45, 2.75) is 27.1 Å². The second kappa shape index (κ2) is 8.89. The summed E-state index contributed by atoms with van der Waals surface area (Å²) in [5, 5.41) is 0. The van der Waals surface area contributed by atoms with Crippen molar-refractivity contribution in [3.63, 3.8) is 0 Å². The van der Waals surface area contributed by atoms with E-state index in [2.05, 4.69) is 0 Å². The molecule has 0 radical (unpaired) electrons. The molecule has 0 aliphatic heterocycles. The maximum absolute atomic E-state index is 5.96. The molecule has 0 aromatic rings. The normalized spacial score (nSPS) is 12.3. The minimum atomic E-state index is -2.53. The second-order valence-electron chi connectivity index (χ2n) is 2.25. The van der Waals surface area contributed by atoms with Gasteiger partial charge in [0, 0.05) is 0 Å². The van der Waals surface area contributed by atoms with Crippen molar-refractivity contribution in [3.8, 4) is 0 Å². The van der Waals surface area contributed by atoms with Crippen LogP contribution in [0.1, 0.15) is 20.8 Å². The number of hydrogen-bond donors (Lipinski definition) is 0. The molecule has 0 saturated carbocycles. The van der Waals surface area contributed by atoms with Crippen LogP contribution in [0.2, 0.25) is 0 Å². The summed E-state index contributed by atoms with van der Waals surface area (Å²) in [6.07, 6.45) is 1.59. The Hall–Kier alpha value is 1.62. The van der Waals surface area contributed by atoms with Gasteiger partial charge in [-0.3, -0.25) is 0 Å². The summed E-state index contributed by atoms with van der Waals surface area (Å²) < 4.78 is 11.8. The molecule has 13 heavy (non-hydrogen) atoms. The maximum atomic E-state index is 5.96. The van der Waals surface area contributed by atoms with Crippen LogP contribution in [0.5, 0.6) is 0 Å². The fourth-order valence-corrected chi connectivity index (χ4v) is 5.52. The summed E-state index contributed by atoms with van der Waals surface area (Å²) >= 11 is -2.53. The number of ether oxygens (including phenoxy) is 2. The molecule has 0 aromatic carbocycles. The van der Waals surface area contributed by atoms with Crippen molar-refractivity contribution in [1.82, 2.24) is 0 Å². The summed E-state index contributed by atoms with van der Waals surface area (Å²) in [6, 6.07) is 0. The van der Waals surface area contributed by atoms with Crippen LogP contribution < -0.4 is 0 Å². The first-order valence-corrected chi connectivity index (χ1v) is 13.7. The monoisotopic (exact) mass is 353 g/mol. The van der Waals surface area contributed by atoms with Crippen LogP contribution in [0.4, 0.5) is 0 Å². The van der Waals surface area contributed by atoms with Crippen molar-refractivity contribution in [3.05, 3.63) is 7.17 Å². The Morgan fingerprint density at radius 3 is 2.00 bits per heavy atom. The zero-order valence-electron chi connectivity index (χ0n) is 8.14. The Labute approximate surface area is 99.0 Å². The third-order valence-corrected chi connectivity index (χ3v) is 7.61. The molecule has 0 unspecified atom stereocenters. The molecule has 0 rings (SSSR count). The molecule has 0 heterocycles. The average molecular weight is 354 g/mol. The standard InChI is InChI=1S/C8H15O2.Ce.2ClH/c1-4-7-8(9-5-2)10-6-3;;;/h4,8H,5-6H2,1-3H3;;2*1H/q;+2;;/p-2. The minimum absolute atomic E-state index is 0.322. The fraction of sp³-hybridized carbons (Fsp3) is 0.750. The molecule has 0 atom stereocenters. The van der Waals surface area contributed by atoms with Crippen LogP contribution in [0.3, 0.4) is 0 Å². The van der Waals surface area contributed by atoms with Gasteiger partial charge in [0.25, 0.3) is 0 Å². The summed E-state index contributed by atoms with van der Waals surface area (Å²) in [5.74, 6) is 0. The van der Waals surface area contributed by atoms with Gasteiger partial charge in [0.15, 0.2) is 0 Å². The molecule has 5 heteroatoms. The van der Waals surface area contributed by atoms with E-state index in [1.54, 1.807) is 0 Å². The Balaban J connectivity index is 4.30. The van der Waals surface area contributed by atoms with Gasteiger partial charge in [0.05, 0.1) is 0 Å². The number of rotatable bonds is 6. The second-order valence-corrected chi connectivity index (χ2v) is 12.6. The van der Waals surface area contributed by atoms with Gasteiger partial charge in [-0.05, 0) is 0 Å². The van der Waals surface area contributed by atoms with E-state index in [1.165, 1.54) is 0 Å². The number of allylic oxidation sites excluding steroid dienone is 1. The van der Waals surface area contributed by atoms with Crippen molar-refractivity contribution >= 4 is 11.3 Å². The topological polar surface area (TPSA) is 18.5 Å². The van der Waals surface area contributed by atoms with Gasteiger partial charge in [-0.2, -0.15) is 0 Å². The van der Waals surface area contributed by atoms with E-state index in [9.17, 15) is 0 Å². The summed E-state index contributed by atoms with van der Waals surface area (Å²) in [7, 11) is 0. The molecule has 0 bridgehead atoms. The van der Waals surface area contributed by atoms with Gasteiger partial charge in [0.2, 0.25) is 0 Å². The summed E-state index contributed by atoms with van der Waals surface area (Å²) in [6.45, 7) is 6.97. The third-order valence-electron chi connectivity index (χ3n) is 1.42. The molecule has 2 nitrogen and oxygen atoms in total. The predicted octanol–water partition coefficient (Wildman–Crippen LogP) is 3.22. The zero-order chi connectivity index (χ0) is 10.3. The molecular weight excluding hydrogens is 339 g/mol. The Bertz CT molecular complexity index is 156. The van der Waals surface area contributed by atoms with Crippen LogP contribution in [-0.2, 0) is 9.47 Å². The van der Waals surface area contributed by atoms with Gasteiger partial charge in [-0.1, -0.05) is 0 Å². The van der Waals surface area contributed by atoms with Crippen molar-refractivity contribution in [1.29, 1.82) is 0 Å². The van der Waals surface area contributed by atoms with E-state index in [0.29, 0.717) is 13.2 Å². The van der Waals surface area contributed by atoms with Crippen LogP contribution in [0.15, 0.2) is 7.17 Å². The van der Waals surface area contributed by atoms with Gasteiger partial charge in [0.1, 0.15) is 0 Å². The zero-order valence-corrected chi connectivity index (χ0v) is 12.8. The van der Waals surface area contributed by atoms with Crippen molar-refractivity contribution in [2.75, 3.05) is 13.2 Å². The van der Waals surface area contributed by atoms with Crippen LogP contribution in [-0.4, -0.2) is 19.5 Å². The number of halogens is 2. The SMILES string of the molecule is C/C=[C](/C(OCC)OCC)[Ce]([Cl])[Cl]. The molecule has 0 amide bonds. The van der Waals surface area contributed by atoms with E-state index in [1.807, 2.05) is 26.8 Å². The number of hydrogen-bond acceptors (Lipinski definition) is 2. The summed E-state index contributed by atoms with van der Waals surface area (Å²) in [5.41, 5.74) is 11.9. The molecule has 0 spiro atoms. The van der Waals surface area contributed by atoms with E-state index in [4.69, 9.17) is 20.7 Å². The average Bonchev–Trinajstić information content (AvgIpc) is 2.05. The quantitative estimate of drug-likeness (QED) is 0.682. The Morgan fingerprint density at radius 1 is 1.31 bits per heavy atom. The molecule has 0 aromatic heterocycles. The molecule has 0 fully saturated rings. The van der Waals surface area contributed by atoms with Gasteiger partial charge in [-0.15, -0.1) is 0 Å². The Kier molecular flexibility index (Phi) is 9.99. The molecule has 0 saturated heterocycles. The summed E-state index contributed by atoms with van der Waals surface area (Å²) in [4.78, 5) is 0. The molecule has 0 N–H and O–H groups in total. The first kappa shape index (κ1) is 14.6. The van der Waals surface area contributed by atoms with Crippen LogP contribution in [0, 0.1) is 32.3 Å². The Morgan fingerprint density at radius 2 is 1.77 bits per heavy atom. The predicted molar refractivity (Wildman–Crippen MR) is 52.5 cm³/mol. The van der Waals surface area contributed by atoms with E-state index >= 15 is 0 Å². The molecule has 77 valence electrons. The van der Waals surface area contributed by atoms with Crippen molar-refractivity contribution < 1.29 is 41.7 Å². The van der Waals surface area contributed by atoms with Crippen molar-refractivity contribution in [2.24, 2.45) is 0 Å². The molecule has 0 aliphatic carbocycles. The molecule has 0 aliphatic rings. The van der Waals surface area contributed by atoms with Gasteiger partial charge < -0.3 is 0 Å². The van der Waals surface area contributed by atoms with E-state index < -0.39 is 32.3 Å². The molecular formula is C8H15CeCl2O2. The van der Waals surface area contributed by atoms with Gasteiger partial charge >= 0.3 is 100 Å². The van der Waals surface area contributed by atoms with Crippen LogP contribution >= 0.6 is 11.3 Å². The first-order valence-electron chi connectivity index (χ1n) is 4.25. The van der Waals surface area contributed by atoms with E-state index in [-0.39, 0.29) is 6.29 Å². The van der Waals surface area contributed by atoms with E-state index in [0.717, 1.165) is 1.09 Å². The van der Waals surface area contributed by atoms with Crippen LogP contribution in [0.25, 0.3) is 0 Å².